The molecule has 0 N–H and O–H groups in total. The van der Waals surface area contributed by atoms with Crippen LogP contribution in [0, 0.1) is 0 Å². The summed E-state index contributed by atoms with van der Waals surface area (Å²) in [6.45, 7) is 4.28. The third-order valence-corrected chi connectivity index (χ3v) is 6.03. The molecular formula is C24H28N4O2. The lowest BCUT2D eigenvalue weighted by molar-refractivity contribution is -0.114. The van der Waals surface area contributed by atoms with Crippen LogP contribution in [0.4, 0.5) is 11.6 Å². The predicted molar refractivity (Wildman–Crippen MR) is 119 cm³/mol. The molecule has 156 valence electrons. The van der Waals surface area contributed by atoms with Gasteiger partial charge in [-0.2, -0.15) is 0 Å². The number of amides is 2. The van der Waals surface area contributed by atoms with Crippen LogP contribution in [0.15, 0.2) is 36.7 Å². The maximum atomic E-state index is 13.6. The summed E-state index contributed by atoms with van der Waals surface area (Å²) in [7, 11) is 1.70. The molecule has 2 amide bonds. The van der Waals surface area contributed by atoms with Gasteiger partial charge in [-0.3, -0.25) is 19.4 Å². The average molecular weight is 405 g/mol. The van der Waals surface area contributed by atoms with Gasteiger partial charge in [0.2, 0.25) is 0 Å². The molecule has 4 heterocycles. The Morgan fingerprint density at radius 1 is 0.867 bits per heavy atom. The van der Waals surface area contributed by atoms with Gasteiger partial charge in [-0.1, -0.05) is 39.0 Å². The molecular weight excluding hydrogens is 376 g/mol. The fourth-order valence-corrected chi connectivity index (χ4v) is 4.42. The van der Waals surface area contributed by atoms with E-state index in [1.807, 2.05) is 18.2 Å². The maximum absolute atomic E-state index is 13.6. The van der Waals surface area contributed by atoms with Crippen molar-refractivity contribution in [2.45, 2.75) is 58.4 Å². The third kappa shape index (κ3) is 3.30. The van der Waals surface area contributed by atoms with Gasteiger partial charge in [0.25, 0.3) is 11.8 Å². The van der Waals surface area contributed by atoms with Crippen LogP contribution < -0.4 is 9.80 Å². The average Bonchev–Trinajstić information content (AvgIpc) is 3.18. The maximum Gasteiger partial charge on any atom is 0.261 e. The van der Waals surface area contributed by atoms with E-state index in [2.05, 4.69) is 23.8 Å². The van der Waals surface area contributed by atoms with Crippen LogP contribution in [0.1, 0.15) is 63.5 Å². The highest BCUT2D eigenvalue weighted by atomic mass is 16.2. The van der Waals surface area contributed by atoms with E-state index >= 15 is 0 Å². The smallest absolute Gasteiger partial charge is 0.261 e. The summed E-state index contributed by atoms with van der Waals surface area (Å²) in [6.07, 6.45) is 10.2. The Kier molecular flexibility index (Phi) is 5.66. The van der Waals surface area contributed by atoms with Crippen LogP contribution in [-0.4, -0.2) is 34.9 Å². The van der Waals surface area contributed by atoms with E-state index in [1.165, 1.54) is 30.6 Å². The van der Waals surface area contributed by atoms with Gasteiger partial charge in [-0.05, 0) is 37.6 Å². The van der Waals surface area contributed by atoms with E-state index in [-0.39, 0.29) is 17.9 Å². The van der Waals surface area contributed by atoms with Crippen molar-refractivity contribution in [3.8, 4) is 0 Å². The number of hydrogen-bond donors (Lipinski definition) is 0. The Labute approximate surface area is 177 Å². The Hall–Kier alpha value is -3.02. The van der Waals surface area contributed by atoms with Gasteiger partial charge in [0.15, 0.2) is 0 Å². The van der Waals surface area contributed by atoms with Crippen molar-refractivity contribution < 1.29 is 9.59 Å². The van der Waals surface area contributed by atoms with E-state index in [0.29, 0.717) is 28.3 Å². The monoisotopic (exact) mass is 404 g/mol. The molecule has 4 rings (SSSR count). The van der Waals surface area contributed by atoms with Crippen molar-refractivity contribution in [1.82, 2.24) is 9.97 Å². The van der Waals surface area contributed by atoms with Crippen molar-refractivity contribution in [3.05, 3.63) is 47.8 Å². The summed E-state index contributed by atoms with van der Waals surface area (Å²) in [6, 6.07) is 7.38. The third-order valence-electron chi connectivity index (χ3n) is 6.03. The number of carbonyl (C=O) groups is 2. The summed E-state index contributed by atoms with van der Waals surface area (Å²) in [5.41, 5.74) is 2.31. The second kappa shape index (κ2) is 8.38. The van der Waals surface area contributed by atoms with Crippen LogP contribution >= 0.6 is 0 Å². The molecule has 1 unspecified atom stereocenters. The second-order valence-corrected chi connectivity index (χ2v) is 8.09. The van der Waals surface area contributed by atoms with Gasteiger partial charge in [0, 0.05) is 36.6 Å². The molecule has 0 saturated heterocycles. The largest absolute Gasteiger partial charge is 0.295 e. The second-order valence-electron chi connectivity index (χ2n) is 8.09. The van der Waals surface area contributed by atoms with Crippen LogP contribution in [-0.2, 0) is 9.59 Å². The molecule has 2 aliphatic rings. The van der Waals surface area contributed by atoms with Gasteiger partial charge in [0.1, 0.15) is 11.6 Å². The number of nitrogens with zero attached hydrogens (tertiary/aromatic N) is 4. The van der Waals surface area contributed by atoms with Crippen LogP contribution in [0.25, 0.3) is 11.1 Å². The van der Waals surface area contributed by atoms with Crippen molar-refractivity contribution in [2.24, 2.45) is 0 Å². The number of aromatic nitrogens is 2. The molecule has 0 aromatic carbocycles. The lowest BCUT2D eigenvalue weighted by atomic mass is 9.98. The van der Waals surface area contributed by atoms with E-state index in [1.54, 1.807) is 30.4 Å². The summed E-state index contributed by atoms with van der Waals surface area (Å²) in [4.78, 5) is 38.9. The molecule has 30 heavy (non-hydrogen) atoms. The molecule has 0 bridgehead atoms. The van der Waals surface area contributed by atoms with E-state index < -0.39 is 0 Å². The van der Waals surface area contributed by atoms with Crippen molar-refractivity contribution in [2.75, 3.05) is 16.8 Å². The number of likely N-dealkylation sites (N-methyl/N-ethyl adjacent to an activating group) is 1. The van der Waals surface area contributed by atoms with Gasteiger partial charge in [0.05, 0.1) is 11.1 Å². The lowest BCUT2D eigenvalue weighted by Gasteiger charge is -2.24. The molecule has 0 saturated carbocycles. The number of anilines is 2. The fraction of sp³-hybridized carbons (Fsp3) is 0.417. The first-order valence-electron chi connectivity index (χ1n) is 10.8. The minimum Gasteiger partial charge on any atom is -0.295 e. The van der Waals surface area contributed by atoms with Gasteiger partial charge in [-0.25, -0.2) is 9.97 Å². The van der Waals surface area contributed by atoms with Crippen molar-refractivity contribution in [3.63, 3.8) is 0 Å². The van der Waals surface area contributed by atoms with Gasteiger partial charge >= 0.3 is 0 Å². The first-order valence-corrected chi connectivity index (χ1v) is 10.8. The summed E-state index contributed by atoms with van der Waals surface area (Å²) >= 11 is 0. The van der Waals surface area contributed by atoms with Gasteiger partial charge in [-0.15, -0.1) is 0 Å². The number of fused-ring (bicyclic) bond motifs is 2. The Bertz CT molecular complexity index is 1010. The highest BCUT2D eigenvalue weighted by Crippen LogP contribution is 2.45. The summed E-state index contributed by atoms with van der Waals surface area (Å²) < 4.78 is 0. The zero-order valence-electron chi connectivity index (χ0n) is 17.9. The highest BCUT2D eigenvalue weighted by molar-refractivity contribution is 6.49. The molecule has 1 atom stereocenters. The first kappa shape index (κ1) is 20.3. The van der Waals surface area contributed by atoms with E-state index in [4.69, 9.17) is 0 Å². The molecule has 2 aliphatic heterocycles. The lowest BCUT2D eigenvalue weighted by Crippen LogP contribution is -2.36. The van der Waals surface area contributed by atoms with Crippen LogP contribution in [0.3, 0.4) is 0 Å². The molecule has 0 fully saturated rings. The van der Waals surface area contributed by atoms with E-state index in [9.17, 15) is 9.59 Å². The number of pyridine rings is 2. The number of unbranched alkanes of at least 4 members (excludes halogenated alkanes) is 4. The number of rotatable bonds is 7. The van der Waals surface area contributed by atoms with Crippen LogP contribution in [0.5, 0.6) is 0 Å². The minimum atomic E-state index is -0.198. The molecule has 0 radical (unpaired) electrons. The zero-order chi connectivity index (χ0) is 21.3. The van der Waals surface area contributed by atoms with Crippen molar-refractivity contribution >= 4 is 34.6 Å². The highest BCUT2D eigenvalue weighted by Gasteiger charge is 2.43. The van der Waals surface area contributed by atoms with Crippen LogP contribution in [0.2, 0.25) is 0 Å². The molecule has 6 heteroatoms. The Morgan fingerprint density at radius 2 is 1.47 bits per heavy atom. The summed E-state index contributed by atoms with van der Waals surface area (Å²) in [5.74, 6) is 0.902. The Balaban J connectivity index is 1.71. The molecule has 6 nitrogen and oxygen atoms in total. The molecule has 2 aromatic heterocycles. The quantitative estimate of drug-likeness (QED) is 0.505. The Morgan fingerprint density at radius 3 is 2.17 bits per heavy atom. The standard InChI is InChI=1S/C24H28N4O2/c1-4-5-6-7-8-11-16(2)28-22-18(13-10-15-26-22)20(24(28)30)19-17-12-9-14-25-21(17)27(3)23(19)29/h9-10,12-16H,4-8,11H2,1-3H3/b20-19+. The minimum absolute atomic E-state index is 0.0217. The molecule has 0 spiro atoms. The molecule has 0 aliphatic carbocycles. The zero-order valence-corrected chi connectivity index (χ0v) is 17.9. The first-order chi connectivity index (χ1) is 14.6. The topological polar surface area (TPSA) is 66.4 Å². The summed E-state index contributed by atoms with van der Waals surface area (Å²) in [5, 5.41) is 0. The molecule has 2 aromatic rings. The predicted octanol–water partition coefficient (Wildman–Crippen LogP) is 4.46. The normalized spacial score (nSPS) is 18.8. The SMILES string of the molecule is CCCCCCCC(C)N1C(=O)/C(=C2/C(=O)N(C)c3ncccc32)c2cccnc21. The van der Waals surface area contributed by atoms with Gasteiger partial charge < -0.3 is 0 Å². The number of hydrogen-bond acceptors (Lipinski definition) is 4. The fourth-order valence-electron chi connectivity index (χ4n) is 4.42. The number of carbonyl (C=O) groups excluding carboxylic acids is 2. The van der Waals surface area contributed by atoms with E-state index in [0.717, 1.165) is 18.4 Å². The van der Waals surface area contributed by atoms with Crippen molar-refractivity contribution in [1.29, 1.82) is 0 Å².